The minimum atomic E-state index is 0.530. The van der Waals surface area contributed by atoms with E-state index in [0.717, 1.165) is 18.3 Å². The summed E-state index contributed by atoms with van der Waals surface area (Å²) in [5.41, 5.74) is 2.78. The first-order valence-electron chi connectivity index (χ1n) is 6.90. The summed E-state index contributed by atoms with van der Waals surface area (Å²) >= 11 is 0. The Morgan fingerprint density at radius 3 is 2.35 bits per heavy atom. The van der Waals surface area contributed by atoms with Crippen LogP contribution in [0.2, 0.25) is 0 Å². The molecule has 1 aromatic rings. The predicted octanol–water partition coefficient (Wildman–Crippen LogP) is 4.72. The van der Waals surface area contributed by atoms with Crippen molar-refractivity contribution in [3.63, 3.8) is 0 Å². The highest BCUT2D eigenvalue weighted by atomic mass is 16.5. The van der Waals surface area contributed by atoms with Crippen LogP contribution in [0.25, 0.3) is 0 Å². The molecule has 2 rings (SSSR count). The molecule has 1 aliphatic rings. The zero-order valence-electron chi connectivity index (χ0n) is 11.5. The molecule has 1 nitrogen and oxygen atoms in total. The van der Waals surface area contributed by atoms with Gasteiger partial charge in [0, 0.05) is 0 Å². The van der Waals surface area contributed by atoms with Gasteiger partial charge < -0.3 is 4.74 Å². The third-order valence-electron chi connectivity index (χ3n) is 3.81. The van der Waals surface area contributed by atoms with Crippen molar-refractivity contribution >= 4 is 0 Å². The second-order valence-corrected chi connectivity index (χ2v) is 5.48. The largest absolute Gasteiger partial charge is 0.493 e. The maximum Gasteiger partial charge on any atom is 0.126 e. The molecule has 1 aromatic carbocycles. The summed E-state index contributed by atoms with van der Waals surface area (Å²) in [6.45, 7) is 9.66. The lowest BCUT2D eigenvalue weighted by atomic mass is 9.90. The zero-order valence-corrected chi connectivity index (χ0v) is 11.5. The van der Waals surface area contributed by atoms with Gasteiger partial charge in [-0.15, -0.1) is 0 Å². The molecule has 1 atom stereocenters. The Morgan fingerprint density at radius 1 is 1.18 bits per heavy atom. The van der Waals surface area contributed by atoms with Crippen molar-refractivity contribution in [2.75, 3.05) is 6.61 Å². The minimum absolute atomic E-state index is 0.530. The smallest absolute Gasteiger partial charge is 0.126 e. The Bertz CT molecular complexity index is 377. The SMILES string of the molecule is CCOc1c(C(C)C)cccc1C(C)C1CC1. The summed E-state index contributed by atoms with van der Waals surface area (Å²) in [7, 11) is 0. The molecule has 17 heavy (non-hydrogen) atoms. The van der Waals surface area contributed by atoms with Gasteiger partial charge in [-0.05, 0) is 48.6 Å². The molecule has 0 bridgehead atoms. The topological polar surface area (TPSA) is 9.23 Å². The summed E-state index contributed by atoms with van der Waals surface area (Å²) in [6, 6.07) is 6.64. The standard InChI is InChI=1S/C16H24O/c1-5-17-16-14(11(2)3)7-6-8-15(16)12(4)13-9-10-13/h6-8,11-13H,5,9-10H2,1-4H3. The third kappa shape index (κ3) is 2.65. The monoisotopic (exact) mass is 232 g/mol. The van der Waals surface area contributed by atoms with Gasteiger partial charge in [0.25, 0.3) is 0 Å². The van der Waals surface area contributed by atoms with Crippen LogP contribution in [0.3, 0.4) is 0 Å². The van der Waals surface area contributed by atoms with E-state index in [0.29, 0.717) is 11.8 Å². The molecule has 1 unspecified atom stereocenters. The van der Waals surface area contributed by atoms with E-state index in [1.54, 1.807) is 0 Å². The van der Waals surface area contributed by atoms with Crippen molar-refractivity contribution in [2.45, 2.75) is 52.4 Å². The molecular formula is C16H24O. The molecule has 0 saturated heterocycles. The molecule has 0 aliphatic heterocycles. The van der Waals surface area contributed by atoms with E-state index in [1.807, 2.05) is 0 Å². The van der Waals surface area contributed by atoms with E-state index in [1.165, 1.54) is 24.0 Å². The molecule has 0 N–H and O–H groups in total. The van der Waals surface area contributed by atoms with Crippen LogP contribution in [0, 0.1) is 5.92 Å². The number of para-hydroxylation sites is 1. The summed E-state index contributed by atoms with van der Waals surface area (Å²) < 4.78 is 5.93. The van der Waals surface area contributed by atoms with Gasteiger partial charge in [-0.3, -0.25) is 0 Å². The Kier molecular flexibility index (Phi) is 3.76. The van der Waals surface area contributed by atoms with E-state index >= 15 is 0 Å². The number of rotatable bonds is 5. The predicted molar refractivity (Wildman–Crippen MR) is 72.8 cm³/mol. The van der Waals surface area contributed by atoms with Gasteiger partial charge in [0.1, 0.15) is 5.75 Å². The molecule has 1 aliphatic carbocycles. The van der Waals surface area contributed by atoms with Crippen molar-refractivity contribution in [3.8, 4) is 5.75 Å². The lowest BCUT2D eigenvalue weighted by Crippen LogP contribution is -2.05. The summed E-state index contributed by atoms with van der Waals surface area (Å²) in [5.74, 6) is 3.22. The fourth-order valence-corrected chi connectivity index (χ4v) is 2.55. The van der Waals surface area contributed by atoms with Crippen molar-refractivity contribution in [1.82, 2.24) is 0 Å². The van der Waals surface area contributed by atoms with Gasteiger partial charge in [-0.1, -0.05) is 39.0 Å². The van der Waals surface area contributed by atoms with Crippen molar-refractivity contribution in [1.29, 1.82) is 0 Å². The maximum absolute atomic E-state index is 5.93. The van der Waals surface area contributed by atoms with Gasteiger partial charge in [-0.25, -0.2) is 0 Å². The van der Waals surface area contributed by atoms with E-state index in [2.05, 4.69) is 45.9 Å². The Labute approximate surface area is 105 Å². The third-order valence-corrected chi connectivity index (χ3v) is 3.81. The molecule has 1 fully saturated rings. The maximum atomic E-state index is 5.93. The molecule has 94 valence electrons. The van der Waals surface area contributed by atoms with Crippen molar-refractivity contribution < 1.29 is 4.74 Å². The van der Waals surface area contributed by atoms with Crippen LogP contribution < -0.4 is 4.74 Å². The lowest BCUT2D eigenvalue weighted by molar-refractivity contribution is 0.328. The molecule has 0 aromatic heterocycles. The molecular weight excluding hydrogens is 208 g/mol. The first-order chi connectivity index (χ1) is 8.15. The van der Waals surface area contributed by atoms with E-state index in [9.17, 15) is 0 Å². The minimum Gasteiger partial charge on any atom is -0.493 e. The first kappa shape index (κ1) is 12.5. The number of benzene rings is 1. The molecule has 1 saturated carbocycles. The van der Waals surface area contributed by atoms with Crippen LogP contribution in [0.4, 0.5) is 0 Å². The van der Waals surface area contributed by atoms with Crippen LogP contribution in [0.1, 0.15) is 63.5 Å². The average molecular weight is 232 g/mol. The second kappa shape index (κ2) is 5.12. The van der Waals surface area contributed by atoms with E-state index < -0.39 is 0 Å². The van der Waals surface area contributed by atoms with Crippen LogP contribution in [-0.2, 0) is 0 Å². The summed E-state index contributed by atoms with van der Waals surface area (Å²) in [4.78, 5) is 0. The van der Waals surface area contributed by atoms with E-state index in [-0.39, 0.29) is 0 Å². The van der Waals surface area contributed by atoms with Gasteiger partial charge in [-0.2, -0.15) is 0 Å². The average Bonchev–Trinajstić information content (AvgIpc) is 3.12. The summed E-state index contributed by atoms with van der Waals surface area (Å²) in [6.07, 6.45) is 2.78. The van der Waals surface area contributed by atoms with Crippen molar-refractivity contribution in [3.05, 3.63) is 29.3 Å². The van der Waals surface area contributed by atoms with Crippen molar-refractivity contribution in [2.24, 2.45) is 5.92 Å². The molecule has 0 amide bonds. The fraction of sp³-hybridized carbons (Fsp3) is 0.625. The van der Waals surface area contributed by atoms with Gasteiger partial charge >= 0.3 is 0 Å². The van der Waals surface area contributed by atoms with Gasteiger partial charge in [0.15, 0.2) is 0 Å². The molecule has 0 heterocycles. The molecule has 0 radical (unpaired) electrons. The van der Waals surface area contributed by atoms with Gasteiger partial charge in [0.2, 0.25) is 0 Å². The van der Waals surface area contributed by atoms with E-state index in [4.69, 9.17) is 4.74 Å². The highest BCUT2D eigenvalue weighted by Crippen LogP contribution is 2.46. The quantitative estimate of drug-likeness (QED) is 0.713. The van der Waals surface area contributed by atoms with Gasteiger partial charge in [0.05, 0.1) is 6.61 Å². The molecule has 1 heteroatoms. The van der Waals surface area contributed by atoms with Crippen LogP contribution in [-0.4, -0.2) is 6.61 Å². The van der Waals surface area contributed by atoms with Crippen LogP contribution in [0.5, 0.6) is 5.75 Å². The Morgan fingerprint density at radius 2 is 1.82 bits per heavy atom. The second-order valence-electron chi connectivity index (χ2n) is 5.48. The Balaban J connectivity index is 2.38. The number of hydrogen-bond donors (Lipinski definition) is 0. The normalized spacial score (nSPS) is 17.2. The van der Waals surface area contributed by atoms with Crippen LogP contribution >= 0.6 is 0 Å². The zero-order chi connectivity index (χ0) is 12.4. The molecule has 0 spiro atoms. The highest BCUT2D eigenvalue weighted by Gasteiger charge is 2.31. The lowest BCUT2D eigenvalue weighted by Gasteiger charge is -2.21. The highest BCUT2D eigenvalue weighted by molar-refractivity contribution is 5.45. The number of ether oxygens (including phenoxy) is 1. The summed E-state index contributed by atoms with van der Waals surface area (Å²) in [5, 5.41) is 0. The van der Waals surface area contributed by atoms with Crippen LogP contribution in [0.15, 0.2) is 18.2 Å². The fourth-order valence-electron chi connectivity index (χ4n) is 2.55. The number of hydrogen-bond acceptors (Lipinski definition) is 1. The first-order valence-corrected chi connectivity index (χ1v) is 6.90. The Hall–Kier alpha value is -0.980.